The Bertz CT molecular complexity index is 3250. The van der Waals surface area contributed by atoms with Crippen molar-refractivity contribution >= 4 is 38.6 Å². The zero-order valence-corrected chi connectivity index (χ0v) is 32.2. The molecule has 276 valence electrons. The summed E-state index contributed by atoms with van der Waals surface area (Å²) in [5.41, 5.74) is 14.7. The highest BCUT2D eigenvalue weighted by Crippen LogP contribution is 2.65. The van der Waals surface area contributed by atoms with Gasteiger partial charge in [-0.3, -0.25) is 0 Å². The van der Waals surface area contributed by atoms with Crippen molar-refractivity contribution in [1.82, 2.24) is 0 Å². The van der Waals surface area contributed by atoms with E-state index in [1.165, 1.54) is 49.7 Å². The molecule has 59 heavy (non-hydrogen) atoms. The van der Waals surface area contributed by atoms with E-state index in [4.69, 9.17) is 4.74 Å². The maximum atomic E-state index is 6.95. The molecule has 2 nitrogen and oxygen atoms in total. The quantitative estimate of drug-likeness (QED) is 0.174. The summed E-state index contributed by atoms with van der Waals surface area (Å²) in [5, 5.41) is 4.77. The normalized spacial score (nSPS) is 14.6. The third-order valence-electron chi connectivity index (χ3n) is 12.5. The van der Waals surface area contributed by atoms with E-state index in [-0.39, 0.29) is 0 Å². The van der Waals surface area contributed by atoms with Gasteiger partial charge < -0.3 is 9.64 Å². The van der Waals surface area contributed by atoms with Crippen molar-refractivity contribution < 1.29 is 4.74 Å². The van der Waals surface area contributed by atoms with Crippen LogP contribution in [0, 0.1) is 0 Å². The van der Waals surface area contributed by atoms with Crippen LogP contribution in [0.5, 0.6) is 11.5 Å². The molecule has 10 aromatic carbocycles. The number of hydrogen-bond acceptors (Lipinski definition) is 2. The second kappa shape index (κ2) is 13.2. The van der Waals surface area contributed by atoms with Crippen molar-refractivity contribution in [3.63, 3.8) is 0 Å². The number of para-hydroxylation sites is 2. The second-order valence-corrected chi connectivity index (χ2v) is 15.5. The van der Waals surface area contributed by atoms with Gasteiger partial charge in [0, 0.05) is 33.3 Å². The van der Waals surface area contributed by atoms with Crippen LogP contribution in [-0.4, -0.2) is 0 Å². The zero-order valence-electron chi connectivity index (χ0n) is 32.2. The highest BCUT2D eigenvalue weighted by molar-refractivity contribution is 6.02. The molecular weight excluding hydrogens is 715 g/mol. The van der Waals surface area contributed by atoms with Gasteiger partial charge in [-0.05, 0) is 79.9 Å². The van der Waals surface area contributed by atoms with Crippen LogP contribution in [0.15, 0.2) is 224 Å². The van der Waals surface area contributed by atoms with E-state index in [0.717, 1.165) is 56.0 Å². The lowest BCUT2D eigenvalue weighted by Gasteiger charge is -2.40. The first-order valence-corrected chi connectivity index (χ1v) is 20.3. The molecule has 0 aromatic heterocycles. The second-order valence-electron chi connectivity index (χ2n) is 15.5. The third-order valence-corrected chi connectivity index (χ3v) is 12.5. The fourth-order valence-electron chi connectivity index (χ4n) is 10.0. The molecular formula is C57H37NO. The average Bonchev–Trinajstić information content (AvgIpc) is 3.60. The van der Waals surface area contributed by atoms with Gasteiger partial charge in [-0.1, -0.05) is 194 Å². The summed E-state index contributed by atoms with van der Waals surface area (Å²) in [5.74, 6) is 1.81. The molecule has 0 saturated heterocycles. The molecule has 2 heteroatoms. The number of ether oxygens (including phenoxy) is 1. The topological polar surface area (TPSA) is 12.5 Å². The minimum atomic E-state index is -0.612. The summed E-state index contributed by atoms with van der Waals surface area (Å²) in [6.07, 6.45) is 0. The van der Waals surface area contributed by atoms with E-state index in [1.54, 1.807) is 0 Å². The summed E-state index contributed by atoms with van der Waals surface area (Å²) in [4.78, 5) is 2.48. The first-order valence-electron chi connectivity index (χ1n) is 20.3. The van der Waals surface area contributed by atoms with Gasteiger partial charge in [0.2, 0.25) is 0 Å². The maximum Gasteiger partial charge on any atom is 0.140 e. The van der Waals surface area contributed by atoms with E-state index in [1.807, 2.05) is 0 Å². The Balaban J connectivity index is 1.14. The van der Waals surface area contributed by atoms with Gasteiger partial charge in [0.05, 0.1) is 16.8 Å². The summed E-state index contributed by atoms with van der Waals surface area (Å²) in [6, 6.07) is 81.7. The molecule has 0 fully saturated rings. The van der Waals surface area contributed by atoms with Crippen LogP contribution in [0.25, 0.3) is 54.9 Å². The van der Waals surface area contributed by atoms with Crippen molar-refractivity contribution in [2.24, 2.45) is 0 Å². The Morgan fingerprint density at radius 1 is 0.339 bits per heavy atom. The Morgan fingerprint density at radius 3 is 1.76 bits per heavy atom. The molecule has 2 aliphatic rings. The number of anilines is 3. The highest BCUT2D eigenvalue weighted by Gasteiger charge is 2.52. The molecule has 12 rings (SSSR count). The summed E-state index contributed by atoms with van der Waals surface area (Å²) >= 11 is 0. The van der Waals surface area contributed by atoms with E-state index in [0.29, 0.717) is 0 Å². The van der Waals surface area contributed by atoms with Gasteiger partial charge in [-0.2, -0.15) is 0 Å². The average molecular weight is 752 g/mol. The molecule has 1 aliphatic heterocycles. The van der Waals surface area contributed by atoms with E-state index < -0.39 is 5.41 Å². The molecule has 0 saturated carbocycles. The predicted molar refractivity (Wildman–Crippen MR) is 244 cm³/mol. The van der Waals surface area contributed by atoms with Gasteiger partial charge in [0.15, 0.2) is 0 Å². The van der Waals surface area contributed by atoms with Crippen molar-refractivity contribution in [2.75, 3.05) is 4.90 Å². The Kier molecular flexibility index (Phi) is 7.48. The predicted octanol–water partition coefficient (Wildman–Crippen LogP) is 15.3. The molecule has 10 aromatic rings. The van der Waals surface area contributed by atoms with Crippen LogP contribution >= 0.6 is 0 Å². The van der Waals surface area contributed by atoms with Crippen LogP contribution in [0.1, 0.15) is 22.3 Å². The number of benzene rings is 10. The molecule has 1 spiro atoms. The maximum absolute atomic E-state index is 6.95. The fraction of sp³-hybridized carbons (Fsp3) is 0.0175. The standard InChI is InChI=1S/C57H37NO/c1-2-16-39(17-3-1)45-22-9-12-29-52(45)58(42-35-32-41(33-36-42)44-25-14-20-38-18-4-6-21-43(38)44)53-30-15-28-50-55(53)47-24-8-10-26-48(47)57(50)49-27-11-13-31-54(49)59-56-46-23-7-5-19-40(46)34-37-51(56)57/h1-37H. The van der Waals surface area contributed by atoms with E-state index in [9.17, 15) is 0 Å². The van der Waals surface area contributed by atoms with Crippen molar-refractivity contribution in [3.8, 4) is 44.9 Å². The first kappa shape index (κ1) is 33.5. The van der Waals surface area contributed by atoms with Gasteiger partial charge in [-0.15, -0.1) is 0 Å². The van der Waals surface area contributed by atoms with Crippen LogP contribution in [0.2, 0.25) is 0 Å². The number of nitrogens with zero attached hydrogens (tertiary/aromatic N) is 1. The summed E-state index contributed by atoms with van der Waals surface area (Å²) in [7, 11) is 0. The summed E-state index contributed by atoms with van der Waals surface area (Å²) in [6.45, 7) is 0. The molecule has 0 N–H and O–H groups in total. The number of rotatable bonds is 5. The number of fused-ring (bicyclic) bond motifs is 12. The lowest BCUT2D eigenvalue weighted by atomic mass is 9.65. The molecule has 1 unspecified atom stereocenters. The van der Waals surface area contributed by atoms with Crippen molar-refractivity contribution in [3.05, 3.63) is 247 Å². The number of hydrogen-bond donors (Lipinski definition) is 0. The van der Waals surface area contributed by atoms with Crippen LogP contribution < -0.4 is 9.64 Å². The SMILES string of the molecule is c1ccc(-c2ccccc2N(c2ccc(-c3cccc4ccccc34)cc2)c2cccc3c2-c2ccccc2C32c3ccccc3Oc3c2ccc2ccccc32)cc1. The molecule has 0 radical (unpaired) electrons. The molecule has 1 aliphatic carbocycles. The summed E-state index contributed by atoms with van der Waals surface area (Å²) < 4.78 is 6.95. The van der Waals surface area contributed by atoms with Crippen LogP contribution in [0.4, 0.5) is 17.1 Å². The van der Waals surface area contributed by atoms with Crippen LogP contribution in [-0.2, 0) is 5.41 Å². The fourth-order valence-corrected chi connectivity index (χ4v) is 10.0. The van der Waals surface area contributed by atoms with E-state index >= 15 is 0 Å². The minimum Gasteiger partial charge on any atom is -0.456 e. The molecule has 0 bridgehead atoms. The zero-order chi connectivity index (χ0) is 38.9. The van der Waals surface area contributed by atoms with E-state index in [2.05, 4.69) is 229 Å². The van der Waals surface area contributed by atoms with Gasteiger partial charge in [0.1, 0.15) is 11.5 Å². The largest absolute Gasteiger partial charge is 0.456 e. The Hall–Kier alpha value is -7.68. The Labute approximate surface area is 343 Å². The minimum absolute atomic E-state index is 0.612. The third kappa shape index (κ3) is 4.93. The van der Waals surface area contributed by atoms with Crippen molar-refractivity contribution in [2.45, 2.75) is 5.41 Å². The first-order chi connectivity index (χ1) is 29.3. The van der Waals surface area contributed by atoms with Gasteiger partial charge in [0.25, 0.3) is 0 Å². The molecule has 0 amide bonds. The Morgan fingerprint density at radius 2 is 0.915 bits per heavy atom. The molecule has 1 heterocycles. The van der Waals surface area contributed by atoms with Gasteiger partial charge in [-0.25, -0.2) is 0 Å². The monoisotopic (exact) mass is 751 g/mol. The molecule has 1 atom stereocenters. The van der Waals surface area contributed by atoms with Gasteiger partial charge >= 0.3 is 0 Å². The lowest BCUT2D eigenvalue weighted by molar-refractivity contribution is 0.441. The van der Waals surface area contributed by atoms with Crippen LogP contribution in [0.3, 0.4) is 0 Å². The highest BCUT2D eigenvalue weighted by atomic mass is 16.5. The van der Waals surface area contributed by atoms with Crippen molar-refractivity contribution in [1.29, 1.82) is 0 Å². The lowest BCUT2D eigenvalue weighted by Crippen LogP contribution is -2.32. The smallest absolute Gasteiger partial charge is 0.140 e.